The molecule has 0 aliphatic rings. The molecular formula is C27H23F4N3O2. The SMILES string of the molecule is Cc1ccccc1Cn1nc(C)c(NC(=O)c2ccc(COc3c(F)c(F)cc(F)c3F)cc2)c1C. The average Bonchev–Trinajstić information content (AvgIpc) is 3.12. The lowest BCUT2D eigenvalue weighted by molar-refractivity contribution is 0.102. The topological polar surface area (TPSA) is 56.2 Å². The minimum atomic E-state index is -1.61. The van der Waals surface area contributed by atoms with Gasteiger partial charge in [-0.15, -0.1) is 0 Å². The van der Waals surface area contributed by atoms with E-state index in [0.717, 1.165) is 16.8 Å². The molecule has 4 rings (SSSR count). The summed E-state index contributed by atoms with van der Waals surface area (Å²) in [6, 6.07) is 14.2. The van der Waals surface area contributed by atoms with Crippen molar-refractivity contribution in [1.29, 1.82) is 0 Å². The predicted molar refractivity (Wildman–Crippen MR) is 127 cm³/mol. The molecule has 9 heteroatoms. The van der Waals surface area contributed by atoms with Gasteiger partial charge in [0, 0.05) is 11.6 Å². The van der Waals surface area contributed by atoms with Gasteiger partial charge in [0.2, 0.25) is 11.6 Å². The summed E-state index contributed by atoms with van der Waals surface area (Å²) < 4.78 is 61.0. The molecule has 1 N–H and O–H groups in total. The number of amides is 1. The Morgan fingerprint density at radius 2 is 1.58 bits per heavy atom. The molecule has 4 aromatic rings. The maximum atomic E-state index is 13.8. The number of ether oxygens (including phenoxy) is 1. The van der Waals surface area contributed by atoms with Crippen LogP contribution in [0, 0.1) is 44.0 Å². The molecule has 0 saturated carbocycles. The van der Waals surface area contributed by atoms with Crippen molar-refractivity contribution >= 4 is 11.6 Å². The smallest absolute Gasteiger partial charge is 0.255 e. The van der Waals surface area contributed by atoms with Gasteiger partial charge in [0.15, 0.2) is 17.4 Å². The molecule has 0 bridgehead atoms. The number of nitrogens with zero attached hydrogens (tertiary/aromatic N) is 2. The van der Waals surface area contributed by atoms with Gasteiger partial charge in [-0.05, 0) is 49.6 Å². The van der Waals surface area contributed by atoms with Gasteiger partial charge in [-0.1, -0.05) is 36.4 Å². The first-order valence-electron chi connectivity index (χ1n) is 11.1. The van der Waals surface area contributed by atoms with E-state index in [1.165, 1.54) is 24.3 Å². The second-order valence-corrected chi connectivity index (χ2v) is 8.37. The van der Waals surface area contributed by atoms with Crippen molar-refractivity contribution in [2.45, 2.75) is 33.9 Å². The Balaban J connectivity index is 1.44. The highest BCUT2D eigenvalue weighted by Crippen LogP contribution is 2.27. The molecule has 36 heavy (non-hydrogen) atoms. The molecule has 1 amide bonds. The summed E-state index contributed by atoms with van der Waals surface area (Å²) in [6.07, 6.45) is 0. The summed E-state index contributed by atoms with van der Waals surface area (Å²) in [7, 11) is 0. The van der Waals surface area contributed by atoms with Crippen LogP contribution in [0.4, 0.5) is 23.2 Å². The molecule has 0 unspecified atom stereocenters. The van der Waals surface area contributed by atoms with Gasteiger partial charge in [0.25, 0.3) is 5.91 Å². The molecular weight excluding hydrogens is 474 g/mol. The molecule has 186 valence electrons. The highest BCUT2D eigenvalue weighted by molar-refractivity contribution is 6.04. The van der Waals surface area contributed by atoms with Crippen LogP contribution in [0.5, 0.6) is 5.75 Å². The van der Waals surface area contributed by atoms with E-state index >= 15 is 0 Å². The minimum Gasteiger partial charge on any atom is -0.483 e. The van der Waals surface area contributed by atoms with Gasteiger partial charge < -0.3 is 10.1 Å². The molecule has 0 aliphatic carbocycles. The number of hydrogen-bond donors (Lipinski definition) is 1. The summed E-state index contributed by atoms with van der Waals surface area (Å²) in [5, 5.41) is 7.44. The first kappa shape index (κ1) is 25.0. The molecule has 3 aromatic carbocycles. The third kappa shape index (κ3) is 5.10. The van der Waals surface area contributed by atoms with E-state index in [-0.39, 0.29) is 18.6 Å². The molecule has 0 fully saturated rings. The zero-order valence-electron chi connectivity index (χ0n) is 19.8. The fourth-order valence-electron chi connectivity index (χ4n) is 3.75. The van der Waals surface area contributed by atoms with Gasteiger partial charge in [0.1, 0.15) is 6.61 Å². The number of benzene rings is 3. The van der Waals surface area contributed by atoms with E-state index < -0.39 is 29.0 Å². The monoisotopic (exact) mass is 497 g/mol. The Morgan fingerprint density at radius 3 is 2.22 bits per heavy atom. The number of anilines is 1. The van der Waals surface area contributed by atoms with Crippen molar-refractivity contribution in [2.75, 3.05) is 5.32 Å². The van der Waals surface area contributed by atoms with Crippen LogP contribution in [-0.4, -0.2) is 15.7 Å². The molecule has 0 atom stereocenters. The molecule has 0 radical (unpaired) electrons. The van der Waals surface area contributed by atoms with Gasteiger partial charge in [0.05, 0.1) is 23.6 Å². The Bertz CT molecular complexity index is 1410. The van der Waals surface area contributed by atoms with E-state index in [4.69, 9.17) is 4.74 Å². The fraction of sp³-hybridized carbons (Fsp3) is 0.185. The van der Waals surface area contributed by atoms with E-state index in [0.29, 0.717) is 29.1 Å². The Kier molecular flexibility index (Phi) is 7.10. The van der Waals surface area contributed by atoms with E-state index in [1.54, 1.807) is 0 Å². The average molecular weight is 497 g/mol. The van der Waals surface area contributed by atoms with Crippen LogP contribution in [0.3, 0.4) is 0 Å². The number of hydrogen-bond acceptors (Lipinski definition) is 3. The summed E-state index contributed by atoms with van der Waals surface area (Å²) in [6.45, 7) is 5.93. The van der Waals surface area contributed by atoms with Crippen LogP contribution in [0.25, 0.3) is 0 Å². The van der Waals surface area contributed by atoms with Crippen molar-refractivity contribution in [3.8, 4) is 5.75 Å². The lowest BCUT2D eigenvalue weighted by Crippen LogP contribution is -2.13. The zero-order chi connectivity index (χ0) is 26.0. The number of carbonyl (C=O) groups excluding carboxylic acids is 1. The third-order valence-corrected chi connectivity index (χ3v) is 5.87. The Morgan fingerprint density at radius 1 is 0.944 bits per heavy atom. The highest BCUT2D eigenvalue weighted by atomic mass is 19.2. The summed E-state index contributed by atoms with van der Waals surface area (Å²) >= 11 is 0. The fourth-order valence-corrected chi connectivity index (χ4v) is 3.75. The summed E-state index contributed by atoms with van der Waals surface area (Å²) in [4.78, 5) is 12.8. The number of nitrogens with one attached hydrogen (secondary N) is 1. The number of carbonyl (C=O) groups is 1. The molecule has 5 nitrogen and oxygen atoms in total. The molecule has 0 spiro atoms. The second kappa shape index (κ2) is 10.2. The maximum absolute atomic E-state index is 13.8. The lowest BCUT2D eigenvalue weighted by Gasteiger charge is -2.11. The molecule has 0 saturated heterocycles. The van der Waals surface area contributed by atoms with Gasteiger partial charge in [-0.2, -0.15) is 13.9 Å². The quantitative estimate of drug-likeness (QED) is 0.243. The van der Waals surface area contributed by atoms with Crippen LogP contribution in [0.2, 0.25) is 0 Å². The van der Waals surface area contributed by atoms with Gasteiger partial charge in [-0.3, -0.25) is 9.48 Å². The molecule has 1 heterocycles. The van der Waals surface area contributed by atoms with E-state index in [2.05, 4.69) is 10.4 Å². The third-order valence-electron chi connectivity index (χ3n) is 5.87. The van der Waals surface area contributed by atoms with Gasteiger partial charge >= 0.3 is 0 Å². The first-order valence-corrected chi connectivity index (χ1v) is 11.1. The lowest BCUT2D eigenvalue weighted by atomic mass is 10.1. The Labute approximate surface area is 205 Å². The van der Waals surface area contributed by atoms with Crippen molar-refractivity contribution in [1.82, 2.24) is 9.78 Å². The van der Waals surface area contributed by atoms with Crippen LogP contribution in [-0.2, 0) is 13.2 Å². The summed E-state index contributed by atoms with van der Waals surface area (Å²) in [5.74, 6) is -7.83. The second-order valence-electron chi connectivity index (χ2n) is 8.37. The van der Waals surface area contributed by atoms with Crippen LogP contribution < -0.4 is 10.1 Å². The van der Waals surface area contributed by atoms with E-state index in [9.17, 15) is 22.4 Å². The number of aryl methyl sites for hydroxylation is 2. The Hall–Kier alpha value is -4.14. The van der Waals surface area contributed by atoms with Crippen LogP contribution >= 0.6 is 0 Å². The number of halogens is 4. The van der Waals surface area contributed by atoms with Gasteiger partial charge in [-0.25, -0.2) is 8.78 Å². The van der Waals surface area contributed by atoms with Crippen molar-refractivity contribution < 1.29 is 27.1 Å². The maximum Gasteiger partial charge on any atom is 0.255 e. The van der Waals surface area contributed by atoms with Crippen LogP contribution in [0.1, 0.15) is 38.4 Å². The van der Waals surface area contributed by atoms with Crippen LogP contribution in [0.15, 0.2) is 54.6 Å². The number of rotatable bonds is 7. The van der Waals surface area contributed by atoms with Crippen molar-refractivity contribution in [3.05, 3.63) is 112 Å². The molecule has 1 aromatic heterocycles. The standard InChI is InChI=1S/C27H23F4N3O2/c1-15-6-4-5-7-20(15)13-34-17(3)25(16(2)33-34)32-27(35)19-10-8-18(9-11-19)14-36-26-23(30)21(28)12-22(29)24(26)31/h4-12H,13-14H2,1-3H3,(H,32,35). The number of aromatic nitrogens is 2. The normalized spacial score (nSPS) is 11.0. The predicted octanol–water partition coefficient (Wildman–Crippen LogP) is 6.24. The van der Waals surface area contributed by atoms with Crippen molar-refractivity contribution in [3.63, 3.8) is 0 Å². The zero-order valence-corrected chi connectivity index (χ0v) is 19.8. The van der Waals surface area contributed by atoms with E-state index in [1.807, 2.05) is 49.7 Å². The first-order chi connectivity index (χ1) is 17.2. The summed E-state index contributed by atoms with van der Waals surface area (Å²) in [5.41, 5.74) is 5.13. The minimum absolute atomic E-state index is 0.112. The van der Waals surface area contributed by atoms with Crippen molar-refractivity contribution in [2.24, 2.45) is 0 Å². The largest absolute Gasteiger partial charge is 0.483 e. The highest BCUT2D eigenvalue weighted by Gasteiger charge is 2.21. The molecule has 0 aliphatic heterocycles.